The van der Waals surface area contributed by atoms with Gasteiger partial charge < -0.3 is 5.73 Å². The zero-order valence-electron chi connectivity index (χ0n) is 10.9. The monoisotopic (exact) mass is 263 g/mol. The molecule has 0 amide bonds. The molecule has 0 spiro atoms. The summed E-state index contributed by atoms with van der Waals surface area (Å²) in [5.74, 6) is 0. The summed E-state index contributed by atoms with van der Waals surface area (Å²) in [7, 11) is 0. The lowest BCUT2D eigenvalue weighted by Gasteiger charge is -2.38. The molecule has 1 saturated heterocycles. The minimum absolute atomic E-state index is 0.484. The molecule has 0 aromatic heterocycles. The molecule has 1 aliphatic rings. The highest BCUT2D eigenvalue weighted by Gasteiger charge is 2.21. The van der Waals surface area contributed by atoms with Gasteiger partial charge in [0.05, 0.1) is 4.99 Å². The van der Waals surface area contributed by atoms with E-state index in [0.717, 1.165) is 32.7 Å². The Bertz CT molecular complexity index is 385. The van der Waals surface area contributed by atoms with Crippen molar-refractivity contribution in [1.29, 1.82) is 0 Å². The molecular weight excluding hydrogens is 242 g/mol. The standard InChI is InChI=1S/C14H21N3S/c1-12(13-5-3-2-4-6-13)17-9-7-16(8-10-17)11-14(15)18/h2-6,12H,7-11H2,1H3,(H2,15,18). The summed E-state index contributed by atoms with van der Waals surface area (Å²) in [6.07, 6.45) is 0. The van der Waals surface area contributed by atoms with Gasteiger partial charge in [0, 0.05) is 38.8 Å². The molecule has 1 atom stereocenters. The second kappa shape index (κ2) is 6.27. The topological polar surface area (TPSA) is 32.5 Å². The third-order valence-corrected chi connectivity index (χ3v) is 3.75. The minimum atomic E-state index is 0.484. The summed E-state index contributed by atoms with van der Waals surface area (Å²) < 4.78 is 0. The summed E-state index contributed by atoms with van der Waals surface area (Å²) in [6.45, 7) is 7.29. The van der Waals surface area contributed by atoms with E-state index in [0.29, 0.717) is 11.0 Å². The normalized spacial score (nSPS) is 19.6. The number of nitrogens with zero attached hydrogens (tertiary/aromatic N) is 2. The lowest BCUT2D eigenvalue weighted by molar-refractivity contribution is 0.113. The van der Waals surface area contributed by atoms with Crippen molar-refractivity contribution in [2.45, 2.75) is 13.0 Å². The molecule has 0 radical (unpaired) electrons. The Hall–Kier alpha value is -0.970. The maximum absolute atomic E-state index is 5.58. The van der Waals surface area contributed by atoms with Crippen molar-refractivity contribution in [3.05, 3.63) is 35.9 Å². The maximum Gasteiger partial charge on any atom is 0.0870 e. The van der Waals surface area contributed by atoms with Crippen LogP contribution in [0.1, 0.15) is 18.5 Å². The number of hydrogen-bond donors (Lipinski definition) is 1. The van der Waals surface area contributed by atoms with Gasteiger partial charge >= 0.3 is 0 Å². The van der Waals surface area contributed by atoms with Crippen LogP contribution in [0, 0.1) is 0 Å². The Morgan fingerprint density at radius 2 is 1.83 bits per heavy atom. The molecule has 1 aliphatic heterocycles. The quantitative estimate of drug-likeness (QED) is 0.837. The molecule has 0 saturated carbocycles. The number of rotatable bonds is 4. The molecule has 2 N–H and O–H groups in total. The smallest absolute Gasteiger partial charge is 0.0870 e. The van der Waals surface area contributed by atoms with Crippen molar-refractivity contribution in [2.24, 2.45) is 5.73 Å². The van der Waals surface area contributed by atoms with Crippen LogP contribution in [0.4, 0.5) is 0 Å². The molecule has 0 aliphatic carbocycles. The van der Waals surface area contributed by atoms with E-state index in [-0.39, 0.29) is 0 Å². The summed E-state index contributed by atoms with van der Waals surface area (Å²) in [5.41, 5.74) is 6.97. The van der Waals surface area contributed by atoms with Crippen LogP contribution in [0.3, 0.4) is 0 Å². The first-order valence-corrected chi connectivity index (χ1v) is 6.87. The van der Waals surface area contributed by atoms with Gasteiger partial charge in [-0.2, -0.15) is 0 Å². The second-order valence-corrected chi connectivity index (χ2v) is 5.39. The maximum atomic E-state index is 5.58. The number of hydrogen-bond acceptors (Lipinski definition) is 3. The van der Waals surface area contributed by atoms with E-state index < -0.39 is 0 Å². The fraction of sp³-hybridized carbons (Fsp3) is 0.500. The Morgan fingerprint density at radius 1 is 1.22 bits per heavy atom. The van der Waals surface area contributed by atoms with Crippen LogP contribution >= 0.6 is 12.2 Å². The fourth-order valence-electron chi connectivity index (χ4n) is 2.47. The molecule has 18 heavy (non-hydrogen) atoms. The predicted molar refractivity (Wildman–Crippen MR) is 79.7 cm³/mol. The first kappa shape index (κ1) is 13.5. The molecule has 4 heteroatoms. The Morgan fingerprint density at radius 3 is 2.39 bits per heavy atom. The summed E-state index contributed by atoms with van der Waals surface area (Å²) >= 11 is 4.96. The number of nitrogens with two attached hydrogens (primary N) is 1. The number of benzene rings is 1. The predicted octanol–water partition coefficient (Wildman–Crippen LogP) is 1.65. The third kappa shape index (κ3) is 3.51. The average molecular weight is 263 g/mol. The molecule has 1 aromatic rings. The zero-order chi connectivity index (χ0) is 13.0. The van der Waals surface area contributed by atoms with Gasteiger partial charge in [-0.3, -0.25) is 9.80 Å². The lowest BCUT2D eigenvalue weighted by Crippen LogP contribution is -2.49. The van der Waals surface area contributed by atoms with E-state index in [2.05, 4.69) is 47.1 Å². The van der Waals surface area contributed by atoms with Gasteiger partial charge in [0.1, 0.15) is 0 Å². The first-order valence-electron chi connectivity index (χ1n) is 6.46. The van der Waals surface area contributed by atoms with Crippen LogP contribution < -0.4 is 5.73 Å². The van der Waals surface area contributed by atoms with Gasteiger partial charge in [-0.05, 0) is 12.5 Å². The van der Waals surface area contributed by atoms with Crippen LogP contribution in [0.15, 0.2) is 30.3 Å². The average Bonchev–Trinajstić information content (AvgIpc) is 2.39. The van der Waals surface area contributed by atoms with Crippen LogP contribution in [-0.4, -0.2) is 47.5 Å². The Kier molecular flexibility index (Phi) is 4.69. The fourth-order valence-corrected chi connectivity index (χ4v) is 2.65. The van der Waals surface area contributed by atoms with Gasteiger partial charge in [-0.15, -0.1) is 0 Å². The van der Waals surface area contributed by atoms with E-state index in [1.807, 2.05) is 0 Å². The van der Waals surface area contributed by atoms with Gasteiger partial charge in [0.15, 0.2) is 0 Å². The number of piperazine rings is 1. The highest BCUT2D eigenvalue weighted by Crippen LogP contribution is 2.20. The summed E-state index contributed by atoms with van der Waals surface area (Å²) in [6, 6.07) is 11.2. The van der Waals surface area contributed by atoms with E-state index in [1.54, 1.807) is 0 Å². The van der Waals surface area contributed by atoms with E-state index in [4.69, 9.17) is 18.0 Å². The van der Waals surface area contributed by atoms with Crippen molar-refractivity contribution in [3.63, 3.8) is 0 Å². The first-order chi connectivity index (χ1) is 8.66. The zero-order valence-corrected chi connectivity index (χ0v) is 11.7. The molecular formula is C14H21N3S. The SMILES string of the molecule is CC(c1ccccc1)N1CCN(CC(N)=S)CC1. The molecule has 3 nitrogen and oxygen atoms in total. The highest BCUT2D eigenvalue weighted by molar-refractivity contribution is 7.80. The van der Waals surface area contributed by atoms with Crippen molar-refractivity contribution in [3.8, 4) is 0 Å². The summed E-state index contributed by atoms with van der Waals surface area (Å²) in [5, 5.41) is 0. The molecule has 1 unspecified atom stereocenters. The molecule has 98 valence electrons. The van der Waals surface area contributed by atoms with Crippen LogP contribution in [0.2, 0.25) is 0 Å². The van der Waals surface area contributed by atoms with Crippen molar-refractivity contribution < 1.29 is 0 Å². The van der Waals surface area contributed by atoms with Gasteiger partial charge in [0.25, 0.3) is 0 Å². The molecule has 1 fully saturated rings. The molecule has 2 rings (SSSR count). The third-order valence-electron chi connectivity index (χ3n) is 3.62. The van der Waals surface area contributed by atoms with Crippen LogP contribution in [0.25, 0.3) is 0 Å². The highest BCUT2D eigenvalue weighted by atomic mass is 32.1. The van der Waals surface area contributed by atoms with Crippen molar-refractivity contribution in [1.82, 2.24) is 9.80 Å². The summed E-state index contributed by atoms with van der Waals surface area (Å²) in [4.78, 5) is 5.45. The van der Waals surface area contributed by atoms with Gasteiger partial charge in [-0.25, -0.2) is 0 Å². The largest absolute Gasteiger partial charge is 0.392 e. The lowest BCUT2D eigenvalue weighted by atomic mass is 10.1. The van der Waals surface area contributed by atoms with Crippen molar-refractivity contribution in [2.75, 3.05) is 32.7 Å². The van der Waals surface area contributed by atoms with Gasteiger partial charge in [-0.1, -0.05) is 42.5 Å². The van der Waals surface area contributed by atoms with Crippen LogP contribution in [0.5, 0.6) is 0 Å². The van der Waals surface area contributed by atoms with Crippen LogP contribution in [-0.2, 0) is 0 Å². The second-order valence-electron chi connectivity index (χ2n) is 4.87. The minimum Gasteiger partial charge on any atom is -0.392 e. The van der Waals surface area contributed by atoms with E-state index in [1.165, 1.54) is 5.56 Å². The van der Waals surface area contributed by atoms with Crippen molar-refractivity contribution >= 4 is 17.2 Å². The van der Waals surface area contributed by atoms with Gasteiger partial charge in [0.2, 0.25) is 0 Å². The number of thiocarbonyl (C=S) groups is 1. The Labute approximate surface area is 115 Å². The molecule has 1 heterocycles. The van der Waals surface area contributed by atoms with E-state index >= 15 is 0 Å². The molecule has 0 bridgehead atoms. The van der Waals surface area contributed by atoms with E-state index in [9.17, 15) is 0 Å². The Balaban J connectivity index is 1.88. The molecule has 1 aromatic carbocycles.